The second-order valence-electron chi connectivity index (χ2n) is 5.63. The SMILES string of the molecule is CC[C@H](C)[C@H](C(=O)O)[C@@H](O)C(=O)NCc1cc(OC)cc(OC)c1. The van der Waals surface area contributed by atoms with E-state index in [0.29, 0.717) is 23.5 Å². The van der Waals surface area contributed by atoms with Crippen molar-refractivity contribution >= 4 is 11.9 Å². The predicted molar refractivity (Wildman–Crippen MR) is 88.0 cm³/mol. The lowest BCUT2D eigenvalue weighted by atomic mass is 9.86. The fraction of sp³-hybridized carbons (Fsp3) is 0.529. The number of carboxylic acid groups (broad SMARTS) is 1. The molecular weight excluding hydrogens is 314 g/mol. The van der Waals surface area contributed by atoms with Crippen LogP contribution in [0.1, 0.15) is 25.8 Å². The van der Waals surface area contributed by atoms with Crippen LogP contribution in [0.4, 0.5) is 0 Å². The van der Waals surface area contributed by atoms with Crippen molar-refractivity contribution in [2.75, 3.05) is 14.2 Å². The Labute approximate surface area is 141 Å². The Balaban J connectivity index is 2.79. The molecule has 0 aromatic heterocycles. The summed E-state index contributed by atoms with van der Waals surface area (Å²) in [6.45, 7) is 3.63. The fourth-order valence-electron chi connectivity index (χ4n) is 2.37. The van der Waals surface area contributed by atoms with Crippen molar-refractivity contribution in [1.29, 1.82) is 0 Å². The fourth-order valence-corrected chi connectivity index (χ4v) is 2.37. The van der Waals surface area contributed by atoms with Gasteiger partial charge in [-0.25, -0.2) is 0 Å². The largest absolute Gasteiger partial charge is 0.497 e. The Morgan fingerprint density at radius 2 is 1.71 bits per heavy atom. The molecule has 0 bridgehead atoms. The second kappa shape index (κ2) is 9.12. The number of aliphatic hydroxyl groups is 1. The molecule has 0 aliphatic rings. The van der Waals surface area contributed by atoms with Crippen LogP contribution >= 0.6 is 0 Å². The highest BCUT2D eigenvalue weighted by molar-refractivity contribution is 5.86. The highest BCUT2D eigenvalue weighted by Gasteiger charge is 2.35. The van der Waals surface area contributed by atoms with Crippen LogP contribution in [0.3, 0.4) is 0 Å². The van der Waals surface area contributed by atoms with Gasteiger partial charge in [0.25, 0.3) is 0 Å². The van der Waals surface area contributed by atoms with Crippen molar-refractivity contribution < 1.29 is 29.3 Å². The Hall–Kier alpha value is -2.28. The van der Waals surface area contributed by atoms with Gasteiger partial charge in [0.05, 0.1) is 20.1 Å². The molecule has 0 aliphatic heterocycles. The van der Waals surface area contributed by atoms with Gasteiger partial charge in [0.15, 0.2) is 0 Å². The zero-order valence-electron chi connectivity index (χ0n) is 14.4. The lowest BCUT2D eigenvalue weighted by Crippen LogP contribution is -2.44. The van der Waals surface area contributed by atoms with Crippen LogP contribution in [0, 0.1) is 11.8 Å². The molecule has 1 rings (SSSR count). The summed E-state index contributed by atoms with van der Waals surface area (Å²) >= 11 is 0. The molecule has 1 amide bonds. The number of nitrogens with one attached hydrogen (secondary N) is 1. The van der Waals surface area contributed by atoms with E-state index in [1.165, 1.54) is 14.2 Å². The maximum absolute atomic E-state index is 12.1. The molecule has 0 saturated heterocycles. The number of amides is 1. The van der Waals surface area contributed by atoms with Crippen LogP contribution in [-0.2, 0) is 16.1 Å². The molecule has 0 aliphatic carbocycles. The standard InChI is InChI=1S/C17H25NO6/c1-5-10(2)14(17(21)22)15(19)16(20)18-9-11-6-12(23-3)8-13(7-11)24-4/h6-8,10,14-15,19H,5,9H2,1-4H3,(H,18,20)(H,21,22)/t10-,14-,15+/m0/s1. The number of aliphatic hydroxyl groups excluding tert-OH is 1. The molecule has 7 heteroatoms. The smallest absolute Gasteiger partial charge is 0.309 e. The first-order valence-electron chi connectivity index (χ1n) is 7.74. The molecule has 0 fully saturated rings. The monoisotopic (exact) mass is 339 g/mol. The third kappa shape index (κ3) is 5.13. The molecule has 3 atom stereocenters. The van der Waals surface area contributed by atoms with Gasteiger partial charge in [0, 0.05) is 12.6 Å². The summed E-state index contributed by atoms with van der Waals surface area (Å²) in [4.78, 5) is 23.4. The molecule has 1 aromatic rings. The van der Waals surface area contributed by atoms with Crippen LogP contribution in [0.5, 0.6) is 11.5 Å². The van der Waals surface area contributed by atoms with Gasteiger partial charge in [-0.05, 0) is 23.6 Å². The van der Waals surface area contributed by atoms with Gasteiger partial charge in [0.2, 0.25) is 5.91 Å². The van der Waals surface area contributed by atoms with Gasteiger partial charge in [-0.2, -0.15) is 0 Å². The Morgan fingerprint density at radius 3 is 2.12 bits per heavy atom. The number of carbonyl (C=O) groups is 2. The lowest BCUT2D eigenvalue weighted by Gasteiger charge is -2.23. The Bertz CT molecular complexity index is 552. The molecule has 24 heavy (non-hydrogen) atoms. The van der Waals surface area contributed by atoms with Gasteiger partial charge in [-0.3, -0.25) is 9.59 Å². The zero-order valence-corrected chi connectivity index (χ0v) is 14.4. The minimum Gasteiger partial charge on any atom is -0.497 e. The summed E-state index contributed by atoms with van der Waals surface area (Å²) in [7, 11) is 3.04. The average Bonchev–Trinajstić information content (AvgIpc) is 2.58. The van der Waals surface area contributed by atoms with Crippen molar-refractivity contribution in [2.24, 2.45) is 11.8 Å². The minimum atomic E-state index is -1.61. The highest BCUT2D eigenvalue weighted by Crippen LogP contribution is 2.23. The van der Waals surface area contributed by atoms with E-state index in [2.05, 4.69) is 5.32 Å². The topological polar surface area (TPSA) is 105 Å². The summed E-state index contributed by atoms with van der Waals surface area (Å²) in [5.41, 5.74) is 0.710. The van der Waals surface area contributed by atoms with Crippen LogP contribution in [0.25, 0.3) is 0 Å². The van der Waals surface area contributed by atoms with E-state index in [-0.39, 0.29) is 12.5 Å². The van der Waals surface area contributed by atoms with E-state index >= 15 is 0 Å². The quantitative estimate of drug-likeness (QED) is 0.628. The van der Waals surface area contributed by atoms with E-state index in [1.54, 1.807) is 25.1 Å². The van der Waals surface area contributed by atoms with E-state index in [9.17, 15) is 19.8 Å². The summed E-state index contributed by atoms with van der Waals surface area (Å²) in [5, 5.41) is 21.9. The highest BCUT2D eigenvalue weighted by atomic mass is 16.5. The summed E-state index contributed by atoms with van der Waals surface area (Å²) in [5.74, 6) is -2.22. The second-order valence-corrected chi connectivity index (χ2v) is 5.63. The molecule has 0 heterocycles. The van der Waals surface area contributed by atoms with E-state index < -0.39 is 23.9 Å². The third-order valence-electron chi connectivity index (χ3n) is 4.03. The Morgan fingerprint density at radius 1 is 1.17 bits per heavy atom. The lowest BCUT2D eigenvalue weighted by molar-refractivity contribution is -0.153. The summed E-state index contributed by atoms with van der Waals surface area (Å²) < 4.78 is 10.3. The van der Waals surface area contributed by atoms with Crippen molar-refractivity contribution in [1.82, 2.24) is 5.32 Å². The Kier molecular flexibility index (Phi) is 7.51. The molecule has 1 aromatic carbocycles. The first-order chi connectivity index (χ1) is 11.3. The van der Waals surface area contributed by atoms with Gasteiger partial charge < -0.3 is 25.0 Å². The maximum atomic E-state index is 12.1. The van der Waals surface area contributed by atoms with Crippen molar-refractivity contribution in [3.8, 4) is 11.5 Å². The molecule has 0 unspecified atom stereocenters. The number of rotatable bonds is 9. The first kappa shape index (κ1) is 19.8. The summed E-state index contributed by atoms with van der Waals surface area (Å²) in [6.07, 6.45) is -1.06. The van der Waals surface area contributed by atoms with Crippen LogP contribution in [0.15, 0.2) is 18.2 Å². The van der Waals surface area contributed by atoms with Crippen molar-refractivity contribution in [3.05, 3.63) is 23.8 Å². The number of carbonyl (C=O) groups excluding carboxylic acids is 1. The van der Waals surface area contributed by atoms with E-state index in [0.717, 1.165) is 0 Å². The van der Waals surface area contributed by atoms with Crippen LogP contribution in [-0.4, -0.2) is 42.4 Å². The van der Waals surface area contributed by atoms with Gasteiger partial charge in [-0.1, -0.05) is 20.3 Å². The van der Waals surface area contributed by atoms with Gasteiger partial charge in [-0.15, -0.1) is 0 Å². The average molecular weight is 339 g/mol. The molecule has 3 N–H and O–H groups in total. The summed E-state index contributed by atoms with van der Waals surface area (Å²) in [6, 6.07) is 5.14. The zero-order chi connectivity index (χ0) is 18.3. The molecule has 134 valence electrons. The van der Waals surface area contributed by atoms with Crippen molar-refractivity contribution in [2.45, 2.75) is 32.9 Å². The molecular formula is C17H25NO6. The number of ether oxygens (including phenoxy) is 2. The minimum absolute atomic E-state index is 0.121. The number of aliphatic carboxylic acids is 1. The number of carboxylic acids is 1. The van der Waals surface area contributed by atoms with Crippen molar-refractivity contribution in [3.63, 3.8) is 0 Å². The van der Waals surface area contributed by atoms with Gasteiger partial charge >= 0.3 is 5.97 Å². The van der Waals surface area contributed by atoms with E-state index in [1.807, 2.05) is 6.92 Å². The molecule has 0 spiro atoms. The molecule has 7 nitrogen and oxygen atoms in total. The number of benzene rings is 1. The van der Waals surface area contributed by atoms with Crippen LogP contribution in [0.2, 0.25) is 0 Å². The first-order valence-corrected chi connectivity index (χ1v) is 7.74. The molecule has 0 radical (unpaired) electrons. The van der Waals surface area contributed by atoms with E-state index in [4.69, 9.17) is 9.47 Å². The van der Waals surface area contributed by atoms with Crippen LogP contribution < -0.4 is 14.8 Å². The normalized spacial score (nSPS) is 14.4. The predicted octanol–water partition coefficient (Wildman–Crippen LogP) is 1.43. The molecule has 0 saturated carbocycles. The van der Waals surface area contributed by atoms with Gasteiger partial charge in [0.1, 0.15) is 17.6 Å². The maximum Gasteiger partial charge on any atom is 0.309 e. The number of hydrogen-bond acceptors (Lipinski definition) is 5. The third-order valence-corrected chi connectivity index (χ3v) is 4.03. The number of hydrogen-bond donors (Lipinski definition) is 3. The number of methoxy groups -OCH3 is 2.